The molecule has 1 heterocycles. The maximum atomic E-state index is 12.8. The van der Waals surface area contributed by atoms with Gasteiger partial charge in [-0.2, -0.15) is 11.8 Å². The van der Waals surface area contributed by atoms with Crippen molar-refractivity contribution >= 4 is 17.4 Å². The fraction of sp³-hybridized carbons (Fsp3) is 0.500. The van der Waals surface area contributed by atoms with Gasteiger partial charge in [-0.05, 0) is 31.0 Å². The number of hydrogen-bond acceptors (Lipinski definition) is 3. The van der Waals surface area contributed by atoms with E-state index in [1.165, 1.54) is 12.1 Å². The van der Waals surface area contributed by atoms with E-state index in [4.69, 9.17) is 10.5 Å². The number of benzene rings is 1. The summed E-state index contributed by atoms with van der Waals surface area (Å²) in [6.07, 6.45) is 1.40. The predicted molar refractivity (Wildman–Crippen MR) is 65.9 cm³/mol. The molecule has 0 aliphatic carbocycles. The minimum Gasteiger partial charge on any atom is -0.398 e. The maximum absolute atomic E-state index is 12.8. The van der Waals surface area contributed by atoms with Gasteiger partial charge in [0.05, 0.1) is 6.10 Å². The highest BCUT2D eigenvalue weighted by molar-refractivity contribution is 7.99. The molecule has 0 saturated carbocycles. The Morgan fingerprint density at radius 3 is 3.00 bits per heavy atom. The fourth-order valence-corrected chi connectivity index (χ4v) is 3.09. The second-order valence-corrected chi connectivity index (χ2v) is 5.28. The van der Waals surface area contributed by atoms with E-state index in [1.807, 2.05) is 11.8 Å². The Hall–Kier alpha value is -0.740. The lowest BCUT2D eigenvalue weighted by Crippen LogP contribution is -2.13. The van der Waals surface area contributed by atoms with E-state index in [1.54, 1.807) is 6.07 Å². The zero-order valence-corrected chi connectivity index (χ0v) is 10.1. The smallest absolute Gasteiger partial charge is 0.125 e. The van der Waals surface area contributed by atoms with E-state index in [0.29, 0.717) is 17.0 Å². The Morgan fingerprint density at radius 2 is 2.38 bits per heavy atom. The molecule has 0 radical (unpaired) electrons. The molecular weight excluding hydrogens is 225 g/mol. The van der Waals surface area contributed by atoms with Crippen LogP contribution in [-0.2, 0) is 10.5 Å². The standard InChI is InChI=1S/C12H16FNOS/c1-8-12(4-5-15-8)16-7-9-2-3-10(13)6-11(9)14/h2-3,6,8,12H,4-5,7,14H2,1H3. The van der Waals surface area contributed by atoms with Crippen molar-refractivity contribution in [3.8, 4) is 0 Å². The summed E-state index contributed by atoms with van der Waals surface area (Å²) in [5.74, 6) is 0.550. The summed E-state index contributed by atoms with van der Waals surface area (Å²) in [5, 5.41) is 0.532. The highest BCUT2D eigenvalue weighted by Gasteiger charge is 2.24. The third kappa shape index (κ3) is 2.68. The molecule has 88 valence electrons. The van der Waals surface area contributed by atoms with Crippen LogP contribution in [0, 0.1) is 5.82 Å². The topological polar surface area (TPSA) is 35.2 Å². The number of nitrogen functional groups attached to an aromatic ring is 1. The molecule has 2 N–H and O–H groups in total. The number of thioether (sulfide) groups is 1. The minimum atomic E-state index is -0.274. The SMILES string of the molecule is CC1OCCC1SCc1ccc(F)cc1N. The molecule has 1 aliphatic rings. The van der Waals surface area contributed by atoms with Crippen LogP contribution in [0.4, 0.5) is 10.1 Å². The van der Waals surface area contributed by atoms with Gasteiger partial charge >= 0.3 is 0 Å². The van der Waals surface area contributed by atoms with Gasteiger partial charge in [-0.3, -0.25) is 0 Å². The zero-order valence-electron chi connectivity index (χ0n) is 9.28. The van der Waals surface area contributed by atoms with E-state index in [2.05, 4.69) is 6.92 Å². The van der Waals surface area contributed by atoms with Crippen molar-refractivity contribution in [3.05, 3.63) is 29.6 Å². The molecule has 0 aromatic heterocycles. The minimum absolute atomic E-state index is 0.274. The maximum Gasteiger partial charge on any atom is 0.125 e. The average molecular weight is 241 g/mol. The van der Waals surface area contributed by atoms with Gasteiger partial charge < -0.3 is 10.5 Å². The van der Waals surface area contributed by atoms with Crippen molar-refractivity contribution in [1.82, 2.24) is 0 Å². The second-order valence-electron chi connectivity index (χ2n) is 4.06. The van der Waals surface area contributed by atoms with Crippen LogP contribution in [0.25, 0.3) is 0 Å². The quantitative estimate of drug-likeness (QED) is 0.826. The third-order valence-electron chi connectivity index (χ3n) is 2.87. The lowest BCUT2D eigenvalue weighted by atomic mass is 10.2. The molecule has 16 heavy (non-hydrogen) atoms. The van der Waals surface area contributed by atoms with Gasteiger partial charge in [0.1, 0.15) is 5.82 Å². The number of anilines is 1. The molecule has 1 fully saturated rings. The Balaban J connectivity index is 1.94. The number of hydrogen-bond donors (Lipinski definition) is 1. The molecule has 2 rings (SSSR count). The Labute approximate surface area is 99.4 Å². The molecule has 2 unspecified atom stereocenters. The van der Waals surface area contributed by atoms with E-state index in [9.17, 15) is 4.39 Å². The van der Waals surface area contributed by atoms with Crippen LogP contribution in [0.15, 0.2) is 18.2 Å². The number of nitrogens with two attached hydrogens (primary N) is 1. The summed E-state index contributed by atoms with van der Waals surface area (Å²) in [4.78, 5) is 0. The summed E-state index contributed by atoms with van der Waals surface area (Å²) < 4.78 is 18.3. The third-order valence-corrected chi connectivity index (χ3v) is 4.39. The monoisotopic (exact) mass is 241 g/mol. The van der Waals surface area contributed by atoms with Crippen molar-refractivity contribution in [2.24, 2.45) is 0 Å². The van der Waals surface area contributed by atoms with Gasteiger partial charge in [0.15, 0.2) is 0 Å². The first-order valence-electron chi connectivity index (χ1n) is 5.44. The van der Waals surface area contributed by atoms with Crippen LogP contribution >= 0.6 is 11.8 Å². The van der Waals surface area contributed by atoms with E-state index >= 15 is 0 Å². The molecule has 2 nitrogen and oxygen atoms in total. The van der Waals surface area contributed by atoms with Crippen molar-refractivity contribution < 1.29 is 9.13 Å². The Kier molecular flexibility index (Phi) is 3.71. The molecule has 1 saturated heterocycles. The normalized spacial score (nSPS) is 24.9. The molecular formula is C12H16FNOS. The molecule has 0 bridgehead atoms. The Bertz CT molecular complexity index is 372. The summed E-state index contributed by atoms with van der Waals surface area (Å²) >= 11 is 1.84. The van der Waals surface area contributed by atoms with Crippen LogP contribution < -0.4 is 5.73 Å². The molecule has 0 amide bonds. The summed E-state index contributed by atoms with van der Waals surface area (Å²) in [7, 11) is 0. The average Bonchev–Trinajstić information content (AvgIpc) is 2.63. The first kappa shape index (κ1) is 11.7. The van der Waals surface area contributed by atoms with E-state index in [-0.39, 0.29) is 5.82 Å². The van der Waals surface area contributed by atoms with Crippen LogP contribution in [0.2, 0.25) is 0 Å². The second kappa shape index (κ2) is 5.06. The highest BCUT2D eigenvalue weighted by atomic mass is 32.2. The van der Waals surface area contributed by atoms with Crippen LogP contribution in [0.1, 0.15) is 18.9 Å². The molecule has 1 aromatic carbocycles. The van der Waals surface area contributed by atoms with E-state index in [0.717, 1.165) is 24.3 Å². The zero-order chi connectivity index (χ0) is 11.5. The summed E-state index contributed by atoms with van der Waals surface area (Å²) in [6.45, 7) is 2.94. The van der Waals surface area contributed by atoms with Crippen molar-refractivity contribution in [2.75, 3.05) is 12.3 Å². The van der Waals surface area contributed by atoms with Gasteiger partial charge in [-0.1, -0.05) is 6.07 Å². The molecule has 1 aliphatic heterocycles. The van der Waals surface area contributed by atoms with Crippen molar-refractivity contribution in [1.29, 1.82) is 0 Å². The Morgan fingerprint density at radius 1 is 1.56 bits per heavy atom. The van der Waals surface area contributed by atoms with Gasteiger partial charge in [0, 0.05) is 23.3 Å². The van der Waals surface area contributed by atoms with Crippen LogP contribution in [-0.4, -0.2) is 18.0 Å². The number of ether oxygens (including phenoxy) is 1. The van der Waals surface area contributed by atoms with Crippen molar-refractivity contribution in [3.63, 3.8) is 0 Å². The molecule has 1 aromatic rings. The largest absolute Gasteiger partial charge is 0.398 e. The number of rotatable bonds is 3. The van der Waals surface area contributed by atoms with Gasteiger partial charge in [-0.25, -0.2) is 4.39 Å². The van der Waals surface area contributed by atoms with Gasteiger partial charge in [0.25, 0.3) is 0 Å². The molecule has 2 atom stereocenters. The van der Waals surface area contributed by atoms with Crippen LogP contribution in [0.3, 0.4) is 0 Å². The molecule has 0 spiro atoms. The number of halogens is 1. The molecule has 4 heteroatoms. The first-order valence-corrected chi connectivity index (χ1v) is 6.49. The first-order chi connectivity index (χ1) is 7.66. The lowest BCUT2D eigenvalue weighted by molar-refractivity contribution is 0.127. The van der Waals surface area contributed by atoms with E-state index < -0.39 is 0 Å². The van der Waals surface area contributed by atoms with Gasteiger partial charge in [-0.15, -0.1) is 0 Å². The predicted octanol–water partition coefficient (Wildman–Crippen LogP) is 2.82. The van der Waals surface area contributed by atoms with Crippen LogP contribution in [0.5, 0.6) is 0 Å². The van der Waals surface area contributed by atoms with Gasteiger partial charge in [0.2, 0.25) is 0 Å². The van der Waals surface area contributed by atoms with Crippen molar-refractivity contribution in [2.45, 2.75) is 30.5 Å². The summed E-state index contributed by atoms with van der Waals surface area (Å²) in [6, 6.07) is 4.60. The fourth-order valence-electron chi connectivity index (χ4n) is 1.83. The summed E-state index contributed by atoms with van der Waals surface area (Å²) in [5.41, 5.74) is 7.30. The highest BCUT2D eigenvalue weighted by Crippen LogP contribution is 2.30. The lowest BCUT2D eigenvalue weighted by Gasteiger charge is -2.14.